The summed E-state index contributed by atoms with van der Waals surface area (Å²) in [6.45, 7) is 0. The van der Waals surface area contributed by atoms with Crippen LogP contribution >= 0.6 is 0 Å². The number of hydrogen-bond acceptors (Lipinski definition) is 4. The van der Waals surface area contributed by atoms with Crippen molar-refractivity contribution in [2.75, 3.05) is 0 Å². The van der Waals surface area contributed by atoms with Crippen LogP contribution in [-0.2, 0) is 0 Å². The van der Waals surface area contributed by atoms with Gasteiger partial charge in [0.05, 0.1) is 5.69 Å². The zero-order valence-corrected chi connectivity index (χ0v) is 8.46. The van der Waals surface area contributed by atoms with E-state index in [0.717, 1.165) is 22.4 Å². The third-order valence-electron chi connectivity index (χ3n) is 2.55. The minimum absolute atomic E-state index is 0.562. The fourth-order valence-corrected chi connectivity index (χ4v) is 1.76. The lowest BCUT2D eigenvalue weighted by molar-refractivity contribution is 0.256. The highest BCUT2D eigenvalue weighted by molar-refractivity contribution is 7.06. The summed E-state index contributed by atoms with van der Waals surface area (Å²) in [7, 11) is 5.42. The topological polar surface area (TPSA) is 57.0 Å². The molecule has 0 fully saturated rings. The Hall–Kier alpha value is -1.49. The zero-order valence-electron chi connectivity index (χ0n) is 8.46. The molecule has 0 saturated carbocycles. The fourth-order valence-electron chi connectivity index (χ4n) is 1.76. The molecule has 0 spiro atoms. The number of aliphatic hydroxyl groups is 1. The molecule has 2 heterocycles. The standard InChI is InChI=1S/C9H7B3N3O/c16-8-4-13-7-3-5(1-2-6(7)8)10-9-14-11-12-15-9/h1-4,8,16H,(H,14,15). The molecular formula is C9H7B3N3O. The summed E-state index contributed by atoms with van der Waals surface area (Å²) in [5.74, 6) is 0. The van der Waals surface area contributed by atoms with E-state index in [0.29, 0.717) is 0 Å². The highest BCUT2D eigenvalue weighted by Gasteiger charge is 2.17. The zero-order chi connectivity index (χ0) is 11.0. The number of nitrogens with one attached hydrogen (secondary N) is 1. The van der Waals surface area contributed by atoms with Gasteiger partial charge in [-0.3, -0.25) is 4.99 Å². The lowest BCUT2D eigenvalue weighted by Crippen LogP contribution is -2.33. The predicted octanol–water partition coefficient (Wildman–Crippen LogP) is -1.12. The van der Waals surface area contributed by atoms with Crippen molar-refractivity contribution in [3.05, 3.63) is 23.8 Å². The molecule has 0 amide bonds. The molecule has 0 aromatic heterocycles. The Morgan fingerprint density at radius 2 is 2.38 bits per heavy atom. The summed E-state index contributed by atoms with van der Waals surface area (Å²) in [4.78, 5) is 8.27. The number of benzene rings is 1. The van der Waals surface area contributed by atoms with Crippen molar-refractivity contribution in [1.29, 1.82) is 0 Å². The normalized spacial score (nSPS) is 20.6. The SMILES string of the molecule is OC1C=Nc2cc([B]C3=N[B][B]N3)ccc21. The summed E-state index contributed by atoms with van der Waals surface area (Å²) in [6.07, 6.45) is 0.981. The summed E-state index contributed by atoms with van der Waals surface area (Å²) in [5, 5.41) is 12.6. The van der Waals surface area contributed by atoms with Crippen LogP contribution in [0.5, 0.6) is 0 Å². The fraction of sp³-hybridized carbons (Fsp3) is 0.111. The first-order valence-corrected chi connectivity index (χ1v) is 5.03. The van der Waals surface area contributed by atoms with Crippen molar-refractivity contribution in [2.45, 2.75) is 6.10 Å². The Morgan fingerprint density at radius 1 is 1.44 bits per heavy atom. The van der Waals surface area contributed by atoms with Crippen LogP contribution in [0.4, 0.5) is 5.69 Å². The number of aliphatic imine (C=N–C) groups is 1. The molecule has 2 aliphatic rings. The summed E-state index contributed by atoms with van der Waals surface area (Å²) in [5.41, 5.74) is 3.51. The van der Waals surface area contributed by atoms with E-state index in [9.17, 15) is 5.11 Å². The van der Waals surface area contributed by atoms with Gasteiger partial charge in [-0.25, -0.2) is 0 Å². The Bertz CT molecular complexity index is 489. The molecule has 7 heteroatoms. The minimum atomic E-state index is -0.562. The number of nitrogens with zero attached hydrogens (tertiary/aromatic N) is 2. The number of aliphatic hydroxyl groups excluding tert-OH is 1. The second kappa shape index (κ2) is 3.83. The monoisotopic (exact) mass is 206 g/mol. The van der Waals surface area contributed by atoms with Crippen LogP contribution < -0.4 is 10.7 Å². The number of rotatable bonds is 2. The smallest absolute Gasteiger partial charge is 0.257 e. The molecule has 73 valence electrons. The Labute approximate surface area is 95.6 Å². The molecule has 0 bridgehead atoms. The molecule has 0 saturated heterocycles. The van der Waals surface area contributed by atoms with Crippen LogP contribution in [0, 0.1) is 0 Å². The maximum atomic E-state index is 9.55. The van der Waals surface area contributed by atoms with Crippen LogP contribution in [0.25, 0.3) is 0 Å². The van der Waals surface area contributed by atoms with E-state index in [2.05, 4.69) is 15.1 Å². The van der Waals surface area contributed by atoms with Crippen molar-refractivity contribution in [3.8, 4) is 0 Å². The molecule has 1 unspecified atom stereocenters. The maximum Gasteiger partial charge on any atom is 0.257 e. The average Bonchev–Trinajstić information content (AvgIpc) is 2.90. The molecule has 0 aliphatic carbocycles. The first-order valence-electron chi connectivity index (χ1n) is 5.03. The average molecular weight is 206 g/mol. The van der Waals surface area contributed by atoms with Gasteiger partial charge in [0.25, 0.3) is 7.31 Å². The predicted molar refractivity (Wildman–Crippen MR) is 67.0 cm³/mol. The number of amidine groups is 1. The van der Waals surface area contributed by atoms with Crippen molar-refractivity contribution in [2.24, 2.45) is 9.90 Å². The van der Waals surface area contributed by atoms with Crippen LogP contribution in [0.3, 0.4) is 0 Å². The molecule has 2 N–H and O–H groups in total. The quantitative estimate of drug-likeness (QED) is 0.601. The molecule has 1 atom stereocenters. The lowest BCUT2D eigenvalue weighted by atomic mass is 9.58. The lowest BCUT2D eigenvalue weighted by Gasteiger charge is -2.05. The second-order valence-electron chi connectivity index (χ2n) is 3.66. The minimum Gasteiger partial charge on any atom is -0.435 e. The molecular weight excluding hydrogens is 199 g/mol. The van der Waals surface area contributed by atoms with Gasteiger partial charge in [-0.05, 0) is 6.07 Å². The van der Waals surface area contributed by atoms with Gasteiger partial charge in [0.1, 0.15) is 6.10 Å². The molecule has 4 nitrogen and oxygen atoms in total. The van der Waals surface area contributed by atoms with Gasteiger partial charge in [-0.15, -0.1) is 0 Å². The van der Waals surface area contributed by atoms with Crippen LogP contribution in [0.1, 0.15) is 11.7 Å². The molecule has 2 aliphatic heterocycles. The van der Waals surface area contributed by atoms with E-state index >= 15 is 0 Å². The van der Waals surface area contributed by atoms with Crippen molar-refractivity contribution < 1.29 is 5.11 Å². The molecule has 1 aromatic rings. The Morgan fingerprint density at radius 3 is 3.19 bits per heavy atom. The maximum absolute atomic E-state index is 9.55. The van der Waals surface area contributed by atoms with Crippen molar-refractivity contribution >= 4 is 45.0 Å². The highest BCUT2D eigenvalue weighted by atomic mass is 16.3. The van der Waals surface area contributed by atoms with E-state index in [-0.39, 0.29) is 0 Å². The van der Waals surface area contributed by atoms with Gasteiger partial charge in [-0.1, -0.05) is 17.6 Å². The van der Waals surface area contributed by atoms with E-state index in [4.69, 9.17) is 0 Å². The third-order valence-corrected chi connectivity index (χ3v) is 2.55. The highest BCUT2D eigenvalue weighted by Crippen LogP contribution is 2.28. The van der Waals surface area contributed by atoms with E-state index < -0.39 is 6.10 Å². The summed E-state index contributed by atoms with van der Waals surface area (Å²) in [6, 6.07) is 5.77. The second-order valence-corrected chi connectivity index (χ2v) is 3.66. The largest absolute Gasteiger partial charge is 0.435 e. The molecule has 3 rings (SSSR count). The first kappa shape index (κ1) is 9.72. The summed E-state index contributed by atoms with van der Waals surface area (Å²) >= 11 is 0. The van der Waals surface area contributed by atoms with Gasteiger partial charge in [0.15, 0.2) is 0 Å². The number of hydrogen-bond donors (Lipinski definition) is 2. The molecule has 1 aromatic carbocycles. The van der Waals surface area contributed by atoms with Gasteiger partial charge >= 0.3 is 0 Å². The Balaban J connectivity index is 1.84. The number of fused-ring (bicyclic) bond motifs is 1. The first-order chi connectivity index (χ1) is 7.83. The van der Waals surface area contributed by atoms with Crippen molar-refractivity contribution in [1.82, 2.24) is 5.23 Å². The van der Waals surface area contributed by atoms with Crippen LogP contribution in [0.15, 0.2) is 28.1 Å². The third kappa shape index (κ3) is 1.67. The van der Waals surface area contributed by atoms with Crippen LogP contribution in [-0.4, -0.2) is 38.9 Å². The van der Waals surface area contributed by atoms with Crippen LogP contribution in [0.2, 0.25) is 0 Å². The molecule has 16 heavy (non-hydrogen) atoms. The van der Waals surface area contributed by atoms with Crippen molar-refractivity contribution in [3.63, 3.8) is 0 Å². The van der Waals surface area contributed by atoms with E-state index in [1.165, 1.54) is 0 Å². The van der Waals surface area contributed by atoms with E-state index in [1.807, 2.05) is 25.5 Å². The summed E-state index contributed by atoms with van der Waals surface area (Å²) < 4.78 is 0. The van der Waals surface area contributed by atoms with Gasteiger partial charge in [-0.2, -0.15) is 0 Å². The Kier molecular flexibility index (Phi) is 2.33. The van der Waals surface area contributed by atoms with Gasteiger partial charge < -0.3 is 15.2 Å². The molecule has 3 radical (unpaired) electrons. The van der Waals surface area contributed by atoms with E-state index in [1.54, 1.807) is 20.8 Å². The van der Waals surface area contributed by atoms with Gasteiger partial charge in [0, 0.05) is 17.5 Å². The van der Waals surface area contributed by atoms with Gasteiger partial charge in [0.2, 0.25) is 14.6 Å².